The summed E-state index contributed by atoms with van der Waals surface area (Å²) in [7, 11) is 0. The van der Waals surface area contributed by atoms with Gasteiger partial charge in [-0.25, -0.2) is 13.2 Å². The molecular weight excluding hydrogens is 384 g/mol. The molecule has 29 heavy (non-hydrogen) atoms. The van der Waals surface area contributed by atoms with E-state index in [0.29, 0.717) is 25.7 Å². The van der Waals surface area contributed by atoms with Crippen LogP contribution in [-0.2, 0) is 0 Å². The first kappa shape index (κ1) is 21.4. The van der Waals surface area contributed by atoms with Crippen molar-refractivity contribution in [3.05, 3.63) is 76.9 Å². The van der Waals surface area contributed by atoms with Crippen LogP contribution in [0.1, 0.15) is 67.2 Å². The van der Waals surface area contributed by atoms with Gasteiger partial charge < -0.3 is 9.84 Å². The van der Waals surface area contributed by atoms with Crippen LogP contribution in [0, 0.1) is 23.3 Å². The second-order valence-corrected chi connectivity index (χ2v) is 7.48. The molecule has 1 aliphatic rings. The van der Waals surface area contributed by atoms with Gasteiger partial charge in [-0.3, -0.25) is 0 Å². The highest BCUT2D eigenvalue weighted by atomic mass is 19.2. The molecule has 1 atom stereocenters. The quantitative estimate of drug-likeness (QED) is 0.449. The van der Waals surface area contributed by atoms with E-state index >= 15 is 0 Å². The van der Waals surface area contributed by atoms with Gasteiger partial charge in [0.2, 0.25) is 5.82 Å². The number of hydrogen-bond acceptors (Lipinski definition) is 2. The van der Waals surface area contributed by atoms with Crippen LogP contribution < -0.4 is 4.74 Å². The molecule has 0 saturated heterocycles. The summed E-state index contributed by atoms with van der Waals surface area (Å²) in [5.74, 6) is -4.46. The Morgan fingerprint density at radius 2 is 1.45 bits per heavy atom. The Kier molecular flexibility index (Phi) is 6.63. The predicted molar refractivity (Wildman–Crippen MR) is 103 cm³/mol. The Bertz CT molecular complexity index is 887. The van der Waals surface area contributed by atoms with E-state index in [0.717, 1.165) is 0 Å². The number of hydrogen-bond donors (Lipinski definition) is 1. The van der Waals surface area contributed by atoms with E-state index in [-0.39, 0.29) is 40.9 Å². The molecule has 0 radical (unpaired) electrons. The molecule has 0 bridgehead atoms. The summed E-state index contributed by atoms with van der Waals surface area (Å²) in [4.78, 5) is 0. The van der Waals surface area contributed by atoms with Crippen LogP contribution in [0.3, 0.4) is 0 Å². The van der Waals surface area contributed by atoms with Crippen LogP contribution in [0.25, 0.3) is 0 Å². The van der Waals surface area contributed by atoms with Crippen LogP contribution in [-0.4, -0.2) is 11.7 Å². The van der Waals surface area contributed by atoms with Gasteiger partial charge in [0.25, 0.3) is 0 Å². The number of aliphatic hydroxyl groups excluding tert-OH is 1. The minimum atomic E-state index is -1.09. The van der Waals surface area contributed by atoms with Gasteiger partial charge in [0.05, 0.1) is 6.10 Å². The Morgan fingerprint density at radius 3 is 1.97 bits per heavy atom. The van der Waals surface area contributed by atoms with Crippen LogP contribution >= 0.6 is 0 Å². The first-order valence-electron chi connectivity index (χ1n) is 9.72. The summed E-state index contributed by atoms with van der Waals surface area (Å²) in [5, 5.41) is 9.52. The van der Waals surface area contributed by atoms with Crippen molar-refractivity contribution in [2.45, 2.75) is 50.5 Å². The number of ether oxygens (including phenoxy) is 1. The summed E-state index contributed by atoms with van der Waals surface area (Å²) < 4.78 is 62.5. The maximum atomic E-state index is 14.5. The molecule has 0 aromatic heterocycles. The average Bonchev–Trinajstić information content (AvgIpc) is 2.71. The third-order valence-corrected chi connectivity index (χ3v) is 5.63. The average molecular weight is 408 g/mol. The molecule has 1 unspecified atom stereocenters. The molecule has 2 aromatic rings. The highest BCUT2D eigenvalue weighted by Gasteiger charge is 2.30. The lowest BCUT2D eigenvalue weighted by molar-refractivity contribution is 0.192. The van der Waals surface area contributed by atoms with E-state index in [1.807, 2.05) is 0 Å². The summed E-state index contributed by atoms with van der Waals surface area (Å²) in [6, 6.07) is 5.85. The molecule has 1 saturated carbocycles. The number of halogens is 4. The van der Waals surface area contributed by atoms with Crippen molar-refractivity contribution < 1.29 is 27.4 Å². The van der Waals surface area contributed by atoms with Crippen LogP contribution in [0.5, 0.6) is 5.75 Å². The number of benzene rings is 2. The molecule has 0 amide bonds. The van der Waals surface area contributed by atoms with E-state index in [9.17, 15) is 22.7 Å². The molecule has 0 spiro atoms. The minimum Gasteiger partial charge on any atom is -0.486 e. The fourth-order valence-corrected chi connectivity index (χ4v) is 4.05. The van der Waals surface area contributed by atoms with Gasteiger partial charge in [0.15, 0.2) is 23.2 Å². The van der Waals surface area contributed by atoms with Crippen molar-refractivity contribution >= 4 is 0 Å². The molecule has 1 fully saturated rings. The summed E-state index contributed by atoms with van der Waals surface area (Å²) >= 11 is 0. The first-order chi connectivity index (χ1) is 13.8. The maximum Gasteiger partial charge on any atom is 0.200 e. The zero-order chi connectivity index (χ0) is 21.1. The molecule has 1 aliphatic carbocycles. The van der Waals surface area contributed by atoms with Crippen LogP contribution in [0.15, 0.2) is 36.9 Å². The Labute approximate surface area is 167 Å². The topological polar surface area (TPSA) is 29.5 Å². The van der Waals surface area contributed by atoms with Crippen LogP contribution in [0.2, 0.25) is 0 Å². The Balaban J connectivity index is 1.74. The van der Waals surface area contributed by atoms with Crippen molar-refractivity contribution in [3.8, 4) is 5.75 Å². The standard InChI is InChI=1S/C23H24F4O2/c1-3-12-29-19-11-10-18(22(26)23(19)27)15-6-4-14(5-7-15)17-9-8-16(13(2)28)20(24)21(17)25/h3,8-11,13-15,28H,1,4-7,12H2,2H3. The highest BCUT2D eigenvalue weighted by molar-refractivity contribution is 5.34. The van der Waals surface area contributed by atoms with E-state index in [4.69, 9.17) is 4.74 Å². The molecule has 156 valence electrons. The molecule has 1 N–H and O–H groups in total. The van der Waals surface area contributed by atoms with Gasteiger partial charge in [-0.05, 0) is 61.6 Å². The monoisotopic (exact) mass is 408 g/mol. The number of rotatable bonds is 6. The van der Waals surface area contributed by atoms with Gasteiger partial charge in [-0.1, -0.05) is 30.9 Å². The summed E-state index contributed by atoms with van der Waals surface area (Å²) in [6.45, 7) is 4.93. The summed E-state index contributed by atoms with van der Waals surface area (Å²) in [6.07, 6.45) is 2.49. The largest absolute Gasteiger partial charge is 0.486 e. The van der Waals surface area contributed by atoms with Gasteiger partial charge in [-0.2, -0.15) is 4.39 Å². The van der Waals surface area contributed by atoms with Crippen LogP contribution in [0.4, 0.5) is 17.6 Å². The Hall–Kier alpha value is -2.34. The predicted octanol–water partition coefficient (Wildman–Crippen LogP) is 6.30. The van der Waals surface area contributed by atoms with Gasteiger partial charge in [0, 0.05) is 5.56 Å². The van der Waals surface area contributed by atoms with Crippen molar-refractivity contribution in [1.29, 1.82) is 0 Å². The lowest BCUT2D eigenvalue weighted by Gasteiger charge is -2.30. The third-order valence-electron chi connectivity index (χ3n) is 5.63. The molecule has 0 aliphatic heterocycles. The SMILES string of the molecule is C=CCOc1ccc(C2CCC(c3ccc(C(C)O)c(F)c3F)CC2)c(F)c1F. The molecule has 2 nitrogen and oxygen atoms in total. The second kappa shape index (κ2) is 8.99. The number of aliphatic hydroxyl groups is 1. The smallest absolute Gasteiger partial charge is 0.200 e. The van der Waals surface area contributed by atoms with Gasteiger partial charge in [-0.15, -0.1) is 0 Å². The fourth-order valence-electron chi connectivity index (χ4n) is 4.05. The third kappa shape index (κ3) is 4.32. The summed E-state index contributed by atoms with van der Waals surface area (Å²) in [5.41, 5.74) is 0.476. The lowest BCUT2D eigenvalue weighted by Crippen LogP contribution is -2.16. The zero-order valence-corrected chi connectivity index (χ0v) is 16.2. The zero-order valence-electron chi connectivity index (χ0n) is 16.2. The van der Waals surface area contributed by atoms with Gasteiger partial charge in [0.1, 0.15) is 6.61 Å². The second-order valence-electron chi connectivity index (χ2n) is 7.48. The molecule has 0 heterocycles. The molecule has 6 heteroatoms. The first-order valence-corrected chi connectivity index (χ1v) is 9.72. The molecular formula is C23H24F4O2. The van der Waals surface area contributed by atoms with E-state index < -0.39 is 29.4 Å². The van der Waals surface area contributed by atoms with E-state index in [1.165, 1.54) is 37.3 Å². The maximum absolute atomic E-state index is 14.5. The van der Waals surface area contributed by atoms with E-state index in [2.05, 4.69) is 6.58 Å². The fraction of sp³-hybridized carbons (Fsp3) is 0.391. The minimum absolute atomic E-state index is 0.0729. The van der Waals surface area contributed by atoms with Crippen molar-refractivity contribution in [3.63, 3.8) is 0 Å². The van der Waals surface area contributed by atoms with Crippen molar-refractivity contribution in [2.24, 2.45) is 0 Å². The van der Waals surface area contributed by atoms with Crippen molar-refractivity contribution in [1.82, 2.24) is 0 Å². The normalized spacial score (nSPS) is 20.3. The van der Waals surface area contributed by atoms with Crippen molar-refractivity contribution in [2.75, 3.05) is 6.61 Å². The molecule has 3 rings (SSSR count). The molecule has 2 aromatic carbocycles. The van der Waals surface area contributed by atoms with Gasteiger partial charge >= 0.3 is 0 Å². The Morgan fingerprint density at radius 1 is 0.931 bits per heavy atom. The highest BCUT2D eigenvalue weighted by Crippen LogP contribution is 2.43. The lowest BCUT2D eigenvalue weighted by atomic mass is 9.75. The van der Waals surface area contributed by atoms with E-state index in [1.54, 1.807) is 0 Å².